The summed E-state index contributed by atoms with van der Waals surface area (Å²) >= 11 is 11.9. The fraction of sp³-hybridized carbons (Fsp3) is 0.429. The Morgan fingerprint density at radius 3 is 2.48 bits per heavy atom. The van der Waals surface area contributed by atoms with Gasteiger partial charge in [0.1, 0.15) is 6.04 Å². The fourth-order valence-electron chi connectivity index (χ4n) is 1.84. The van der Waals surface area contributed by atoms with E-state index in [9.17, 15) is 9.59 Å². The lowest BCUT2D eigenvalue weighted by atomic mass is 10.0. The topological polar surface area (TPSA) is 84.2 Å². The van der Waals surface area contributed by atoms with Crippen molar-refractivity contribution in [1.29, 1.82) is 0 Å². The summed E-state index contributed by atoms with van der Waals surface area (Å²) in [5, 5.41) is 6.32. The number of primary amides is 1. The second-order valence-corrected chi connectivity index (χ2v) is 5.85. The van der Waals surface area contributed by atoms with Crippen LogP contribution in [0, 0.1) is 5.92 Å². The van der Waals surface area contributed by atoms with Crippen molar-refractivity contribution in [3.8, 4) is 0 Å². The number of urea groups is 1. The number of carbonyl (C=O) groups excluding carboxylic acids is 2. The van der Waals surface area contributed by atoms with Crippen LogP contribution in [0.4, 0.5) is 4.79 Å². The molecule has 0 aliphatic rings. The quantitative estimate of drug-likeness (QED) is 0.747. The van der Waals surface area contributed by atoms with Crippen molar-refractivity contribution in [3.05, 3.63) is 33.8 Å². The molecule has 1 aromatic rings. The zero-order chi connectivity index (χ0) is 16.0. The van der Waals surface area contributed by atoms with Crippen LogP contribution in [0.15, 0.2) is 18.2 Å². The smallest absolute Gasteiger partial charge is 0.312 e. The van der Waals surface area contributed by atoms with Crippen molar-refractivity contribution < 1.29 is 9.59 Å². The highest BCUT2D eigenvalue weighted by Crippen LogP contribution is 2.21. The maximum atomic E-state index is 12.0. The highest BCUT2D eigenvalue weighted by atomic mass is 35.5. The van der Waals surface area contributed by atoms with Gasteiger partial charge in [-0.2, -0.15) is 0 Å². The van der Waals surface area contributed by atoms with Crippen LogP contribution >= 0.6 is 23.2 Å². The van der Waals surface area contributed by atoms with Gasteiger partial charge in [0, 0.05) is 16.6 Å². The molecule has 21 heavy (non-hydrogen) atoms. The maximum Gasteiger partial charge on any atom is 0.312 e. The molecule has 0 aliphatic heterocycles. The Kier molecular flexibility index (Phi) is 6.78. The Balaban J connectivity index is 2.53. The molecule has 5 nitrogen and oxygen atoms in total. The van der Waals surface area contributed by atoms with Gasteiger partial charge in [-0.25, -0.2) is 4.79 Å². The highest BCUT2D eigenvalue weighted by Gasteiger charge is 2.22. The Morgan fingerprint density at radius 1 is 1.29 bits per heavy atom. The number of nitrogens with two attached hydrogens (primary N) is 1. The molecular formula is C14H19Cl2N3O2. The summed E-state index contributed by atoms with van der Waals surface area (Å²) < 4.78 is 0. The molecule has 0 radical (unpaired) electrons. The number of hydrogen-bond acceptors (Lipinski definition) is 2. The summed E-state index contributed by atoms with van der Waals surface area (Å²) in [4.78, 5) is 22.9. The van der Waals surface area contributed by atoms with Gasteiger partial charge in [-0.3, -0.25) is 4.79 Å². The summed E-state index contributed by atoms with van der Waals surface area (Å²) in [6.07, 6.45) is 0.573. The lowest BCUT2D eigenvalue weighted by molar-refractivity contribution is -0.123. The zero-order valence-electron chi connectivity index (χ0n) is 12.0. The molecule has 0 heterocycles. The molecule has 0 saturated heterocycles. The first-order chi connectivity index (χ1) is 9.81. The molecule has 0 bridgehead atoms. The first-order valence-electron chi connectivity index (χ1n) is 6.59. The summed E-state index contributed by atoms with van der Waals surface area (Å²) in [7, 11) is 0. The number of halogens is 2. The SMILES string of the molecule is CC(C)[C@@H](NC(N)=O)C(=O)NCCc1ccc(Cl)cc1Cl. The van der Waals surface area contributed by atoms with Gasteiger partial charge < -0.3 is 16.4 Å². The minimum Gasteiger partial charge on any atom is -0.354 e. The Bertz CT molecular complexity index is 521. The van der Waals surface area contributed by atoms with E-state index >= 15 is 0 Å². The summed E-state index contributed by atoms with van der Waals surface area (Å²) in [6.45, 7) is 4.07. The molecule has 0 aromatic heterocycles. The van der Waals surface area contributed by atoms with Gasteiger partial charge in [-0.05, 0) is 30.0 Å². The molecule has 0 spiro atoms. The number of hydrogen-bond donors (Lipinski definition) is 3. The van der Waals surface area contributed by atoms with Gasteiger partial charge >= 0.3 is 6.03 Å². The first-order valence-corrected chi connectivity index (χ1v) is 7.34. The summed E-state index contributed by atoms with van der Waals surface area (Å²) in [6, 6.07) is 3.85. The fourth-order valence-corrected chi connectivity index (χ4v) is 2.35. The van der Waals surface area contributed by atoms with Gasteiger partial charge in [-0.1, -0.05) is 43.1 Å². The van der Waals surface area contributed by atoms with Gasteiger partial charge in [-0.15, -0.1) is 0 Å². The number of amides is 3. The van der Waals surface area contributed by atoms with E-state index in [0.717, 1.165) is 5.56 Å². The second kappa shape index (κ2) is 8.10. The van der Waals surface area contributed by atoms with Gasteiger partial charge in [0.15, 0.2) is 0 Å². The van der Waals surface area contributed by atoms with Crippen LogP contribution in [-0.2, 0) is 11.2 Å². The van der Waals surface area contributed by atoms with E-state index in [1.165, 1.54) is 0 Å². The van der Waals surface area contributed by atoms with E-state index in [2.05, 4.69) is 10.6 Å². The van der Waals surface area contributed by atoms with Crippen molar-refractivity contribution >= 4 is 35.1 Å². The maximum absolute atomic E-state index is 12.0. The van der Waals surface area contributed by atoms with E-state index in [0.29, 0.717) is 23.0 Å². The molecule has 116 valence electrons. The third-order valence-corrected chi connectivity index (χ3v) is 3.54. The lowest BCUT2D eigenvalue weighted by Gasteiger charge is -2.20. The number of nitrogens with one attached hydrogen (secondary N) is 2. The number of rotatable bonds is 6. The number of carbonyl (C=O) groups is 2. The molecule has 0 unspecified atom stereocenters. The van der Waals surface area contributed by atoms with Crippen LogP contribution in [0.3, 0.4) is 0 Å². The minimum atomic E-state index is -0.718. The lowest BCUT2D eigenvalue weighted by Crippen LogP contribution is -2.51. The van der Waals surface area contributed by atoms with Crippen LogP contribution in [0.25, 0.3) is 0 Å². The molecule has 3 amide bonds. The van der Waals surface area contributed by atoms with E-state index in [4.69, 9.17) is 28.9 Å². The van der Waals surface area contributed by atoms with Crippen molar-refractivity contribution in [3.63, 3.8) is 0 Å². The molecular weight excluding hydrogens is 313 g/mol. The van der Waals surface area contributed by atoms with Gasteiger partial charge in [0.05, 0.1) is 0 Å². The van der Waals surface area contributed by atoms with Crippen LogP contribution in [0.2, 0.25) is 10.0 Å². The third-order valence-electron chi connectivity index (χ3n) is 2.96. The van der Waals surface area contributed by atoms with Crippen LogP contribution in [-0.4, -0.2) is 24.5 Å². The average Bonchev–Trinajstić information content (AvgIpc) is 2.37. The van der Waals surface area contributed by atoms with Crippen molar-refractivity contribution in [2.45, 2.75) is 26.3 Å². The standard InChI is InChI=1S/C14H19Cl2N3O2/c1-8(2)12(19-14(17)21)13(20)18-6-5-9-3-4-10(15)7-11(9)16/h3-4,7-8,12H,5-6H2,1-2H3,(H,18,20)(H3,17,19,21)/t12-/m1/s1. The predicted molar refractivity (Wildman–Crippen MR) is 84.5 cm³/mol. The minimum absolute atomic E-state index is 0.0587. The third kappa shape index (κ3) is 5.81. The van der Waals surface area contributed by atoms with Crippen LogP contribution < -0.4 is 16.4 Å². The predicted octanol–water partition coefficient (Wildman–Crippen LogP) is 2.35. The molecule has 1 rings (SSSR count). The van der Waals surface area contributed by atoms with Crippen LogP contribution in [0.1, 0.15) is 19.4 Å². The van der Waals surface area contributed by atoms with Crippen molar-refractivity contribution in [2.24, 2.45) is 11.7 Å². The first kappa shape index (κ1) is 17.6. The molecule has 4 N–H and O–H groups in total. The largest absolute Gasteiger partial charge is 0.354 e. The highest BCUT2D eigenvalue weighted by molar-refractivity contribution is 6.35. The Morgan fingerprint density at radius 2 is 1.95 bits per heavy atom. The van der Waals surface area contributed by atoms with Crippen molar-refractivity contribution in [2.75, 3.05) is 6.54 Å². The van der Waals surface area contributed by atoms with Gasteiger partial charge in [0.2, 0.25) is 5.91 Å². The average molecular weight is 332 g/mol. The van der Waals surface area contributed by atoms with Gasteiger partial charge in [0.25, 0.3) is 0 Å². The molecule has 0 aliphatic carbocycles. The monoisotopic (exact) mass is 331 g/mol. The molecule has 0 fully saturated rings. The Labute approximate surface area is 134 Å². The normalized spacial score (nSPS) is 12.0. The number of benzene rings is 1. The second-order valence-electron chi connectivity index (χ2n) is 5.01. The molecule has 1 atom stereocenters. The van der Waals surface area contributed by atoms with E-state index in [1.807, 2.05) is 19.9 Å². The van der Waals surface area contributed by atoms with Crippen LogP contribution in [0.5, 0.6) is 0 Å². The van der Waals surface area contributed by atoms with E-state index in [1.54, 1.807) is 12.1 Å². The summed E-state index contributed by atoms with van der Waals surface area (Å²) in [5.41, 5.74) is 5.96. The molecule has 1 aromatic carbocycles. The molecule has 0 saturated carbocycles. The zero-order valence-corrected chi connectivity index (χ0v) is 13.5. The Hall–Kier alpha value is -1.46. The van der Waals surface area contributed by atoms with E-state index in [-0.39, 0.29) is 11.8 Å². The van der Waals surface area contributed by atoms with Crippen molar-refractivity contribution in [1.82, 2.24) is 10.6 Å². The molecule has 7 heteroatoms. The summed E-state index contributed by atoms with van der Waals surface area (Å²) in [5.74, 6) is -0.328. The van der Waals surface area contributed by atoms with E-state index < -0.39 is 12.1 Å².